The van der Waals surface area contributed by atoms with Gasteiger partial charge in [0.2, 0.25) is 5.88 Å². The van der Waals surface area contributed by atoms with Gasteiger partial charge in [-0.15, -0.1) is 11.6 Å². The number of alkyl halides is 1. The summed E-state index contributed by atoms with van der Waals surface area (Å²) >= 11 is 6.05. The minimum absolute atomic E-state index is 0.000913. The number of nitrogens with zero attached hydrogens (tertiary/aromatic N) is 2. The second-order valence-corrected chi connectivity index (χ2v) is 4.46. The molecular weight excluding hydrogens is 226 g/mol. The topological polar surface area (TPSA) is 47.0 Å². The van der Waals surface area contributed by atoms with Gasteiger partial charge in [0.1, 0.15) is 12.1 Å². The third-order valence-electron chi connectivity index (χ3n) is 3.06. The van der Waals surface area contributed by atoms with E-state index in [1.165, 1.54) is 19.2 Å². The first-order valence-corrected chi connectivity index (χ1v) is 6.02. The summed E-state index contributed by atoms with van der Waals surface area (Å²) in [6.45, 7) is 0. The number of rotatable bonds is 4. The first-order valence-electron chi connectivity index (χ1n) is 5.48. The van der Waals surface area contributed by atoms with Crippen molar-refractivity contribution in [2.75, 3.05) is 18.3 Å². The summed E-state index contributed by atoms with van der Waals surface area (Å²) in [7, 11) is 1.60. The molecule has 0 spiro atoms. The van der Waals surface area contributed by atoms with Gasteiger partial charge >= 0.3 is 0 Å². The molecule has 1 aliphatic rings. The molecule has 88 valence electrons. The van der Waals surface area contributed by atoms with E-state index in [-0.39, 0.29) is 5.54 Å². The van der Waals surface area contributed by atoms with E-state index in [1.807, 2.05) is 0 Å². The monoisotopic (exact) mass is 241 g/mol. The standard InChI is InChI=1S/C11H16ClN3O/c1-16-10-6-9(13-8-14-10)15-11(7-12)4-2-3-5-11/h6,8H,2-5,7H2,1H3,(H,13,14,15). The highest BCUT2D eigenvalue weighted by molar-refractivity contribution is 6.18. The number of hydrogen-bond donors (Lipinski definition) is 1. The van der Waals surface area contributed by atoms with Gasteiger partial charge in [-0.25, -0.2) is 9.97 Å². The molecule has 1 aliphatic carbocycles. The Hall–Kier alpha value is -1.03. The number of halogens is 1. The van der Waals surface area contributed by atoms with Crippen LogP contribution in [0.3, 0.4) is 0 Å². The third kappa shape index (κ3) is 2.38. The molecule has 0 aromatic carbocycles. The number of anilines is 1. The van der Waals surface area contributed by atoms with Gasteiger partial charge in [0.25, 0.3) is 0 Å². The summed E-state index contributed by atoms with van der Waals surface area (Å²) in [6, 6.07) is 1.80. The molecule has 4 nitrogen and oxygen atoms in total. The average molecular weight is 242 g/mol. The van der Waals surface area contributed by atoms with Crippen molar-refractivity contribution in [1.82, 2.24) is 9.97 Å². The van der Waals surface area contributed by atoms with Crippen LogP contribution in [0.4, 0.5) is 5.82 Å². The molecule has 0 unspecified atom stereocenters. The molecule has 0 atom stereocenters. The number of ether oxygens (including phenoxy) is 1. The lowest BCUT2D eigenvalue weighted by Gasteiger charge is -2.28. The van der Waals surface area contributed by atoms with Crippen LogP contribution in [-0.2, 0) is 0 Å². The molecule has 0 bridgehead atoms. The van der Waals surface area contributed by atoms with E-state index in [4.69, 9.17) is 16.3 Å². The second kappa shape index (κ2) is 4.87. The zero-order valence-corrected chi connectivity index (χ0v) is 10.1. The molecule has 1 fully saturated rings. The van der Waals surface area contributed by atoms with Gasteiger partial charge in [0.05, 0.1) is 12.6 Å². The SMILES string of the molecule is COc1cc(NC2(CCl)CCCC2)ncn1. The molecule has 1 heterocycles. The minimum Gasteiger partial charge on any atom is -0.481 e. The molecule has 0 radical (unpaired) electrons. The molecule has 1 aromatic heterocycles. The first kappa shape index (κ1) is 11.5. The van der Waals surface area contributed by atoms with E-state index in [0.717, 1.165) is 18.7 Å². The van der Waals surface area contributed by atoms with Crippen LogP contribution in [0.2, 0.25) is 0 Å². The van der Waals surface area contributed by atoms with Crippen molar-refractivity contribution in [2.45, 2.75) is 31.2 Å². The molecule has 1 N–H and O–H groups in total. The fraction of sp³-hybridized carbons (Fsp3) is 0.636. The van der Waals surface area contributed by atoms with Crippen LogP contribution in [0.5, 0.6) is 5.88 Å². The molecule has 16 heavy (non-hydrogen) atoms. The fourth-order valence-corrected chi connectivity index (χ4v) is 2.47. The highest BCUT2D eigenvalue weighted by Crippen LogP contribution is 2.33. The largest absolute Gasteiger partial charge is 0.481 e. The van der Waals surface area contributed by atoms with Crippen molar-refractivity contribution < 1.29 is 4.74 Å². The average Bonchev–Trinajstić information content (AvgIpc) is 2.78. The number of hydrogen-bond acceptors (Lipinski definition) is 4. The first-order chi connectivity index (χ1) is 7.78. The van der Waals surface area contributed by atoms with Gasteiger partial charge in [-0.2, -0.15) is 0 Å². The smallest absolute Gasteiger partial charge is 0.218 e. The summed E-state index contributed by atoms with van der Waals surface area (Å²) in [6.07, 6.45) is 6.15. The number of nitrogens with one attached hydrogen (secondary N) is 1. The number of aromatic nitrogens is 2. The highest BCUT2D eigenvalue weighted by atomic mass is 35.5. The van der Waals surface area contributed by atoms with Crippen molar-refractivity contribution >= 4 is 17.4 Å². The Labute approximate surface area is 100 Å². The Kier molecular flexibility index (Phi) is 3.49. The Balaban J connectivity index is 2.12. The van der Waals surface area contributed by atoms with Crippen molar-refractivity contribution in [1.29, 1.82) is 0 Å². The van der Waals surface area contributed by atoms with Crippen molar-refractivity contribution in [3.63, 3.8) is 0 Å². The highest BCUT2D eigenvalue weighted by Gasteiger charge is 2.33. The summed E-state index contributed by atoms with van der Waals surface area (Å²) in [4.78, 5) is 8.16. The lowest BCUT2D eigenvalue weighted by atomic mass is 10.0. The van der Waals surface area contributed by atoms with Gasteiger partial charge in [0.15, 0.2) is 0 Å². The maximum atomic E-state index is 6.05. The maximum Gasteiger partial charge on any atom is 0.218 e. The van der Waals surface area contributed by atoms with Crippen molar-refractivity contribution in [3.8, 4) is 5.88 Å². The minimum atomic E-state index is 0.000913. The van der Waals surface area contributed by atoms with Crippen LogP contribution in [0.25, 0.3) is 0 Å². The van der Waals surface area contributed by atoms with Crippen LogP contribution in [-0.4, -0.2) is 28.5 Å². The van der Waals surface area contributed by atoms with Gasteiger partial charge in [-0.3, -0.25) is 0 Å². The van der Waals surface area contributed by atoms with Crippen molar-refractivity contribution in [3.05, 3.63) is 12.4 Å². The van der Waals surface area contributed by atoms with E-state index in [1.54, 1.807) is 13.2 Å². The van der Waals surface area contributed by atoms with E-state index >= 15 is 0 Å². The fourth-order valence-electron chi connectivity index (χ4n) is 2.13. The third-order valence-corrected chi connectivity index (χ3v) is 3.57. The molecule has 1 aromatic rings. The second-order valence-electron chi connectivity index (χ2n) is 4.19. The zero-order chi connectivity index (χ0) is 11.4. The van der Waals surface area contributed by atoms with Crippen LogP contribution in [0.15, 0.2) is 12.4 Å². The van der Waals surface area contributed by atoms with E-state index < -0.39 is 0 Å². The van der Waals surface area contributed by atoms with Gasteiger partial charge < -0.3 is 10.1 Å². The maximum absolute atomic E-state index is 6.05. The Morgan fingerprint density at radius 3 is 2.81 bits per heavy atom. The van der Waals surface area contributed by atoms with E-state index in [9.17, 15) is 0 Å². The summed E-state index contributed by atoms with van der Waals surface area (Å²) in [5.74, 6) is 1.97. The normalized spacial score (nSPS) is 18.4. The van der Waals surface area contributed by atoms with Crippen LogP contribution >= 0.6 is 11.6 Å². The molecule has 5 heteroatoms. The molecule has 0 amide bonds. The lowest BCUT2D eigenvalue weighted by Crippen LogP contribution is -2.37. The predicted octanol–water partition coefficient (Wildman–Crippen LogP) is 2.45. The zero-order valence-electron chi connectivity index (χ0n) is 9.37. The Morgan fingerprint density at radius 1 is 1.44 bits per heavy atom. The molecular formula is C11H16ClN3O. The van der Waals surface area contributed by atoms with Crippen LogP contribution in [0.1, 0.15) is 25.7 Å². The summed E-state index contributed by atoms with van der Waals surface area (Å²) in [5, 5.41) is 3.42. The quantitative estimate of drug-likeness (QED) is 0.823. The molecule has 2 rings (SSSR count). The predicted molar refractivity (Wildman–Crippen MR) is 64.1 cm³/mol. The Morgan fingerprint density at radius 2 is 2.19 bits per heavy atom. The van der Waals surface area contributed by atoms with E-state index in [2.05, 4.69) is 15.3 Å². The van der Waals surface area contributed by atoms with Gasteiger partial charge in [0, 0.05) is 11.9 Å². The molecule has 0 aliphatic heterocycles. The Bertz CT molecular complexity index is 353. The molecule has 0 saturated heterocycles. The molecule has 1 saturated carbocycles. The van der Waals surface area contributed by atoms with Crippen molar-refractivity contribution in [2.24, 2.45) is 0 Å². The number of methoxy groups -OCH3 is 1. The van der Waals surface area contributed by atoms with E-state index in [0.29, 0.717) is 11.8 Å². The summed E-state index contributed by atoms with van der Waals surface area (Å²) in [5.41, 5.74) is 0.000913. The lowest BCUT2D eigenvalue weighted by molar-refractivity contribution is 0.396. The van der Waals surface area contributed by atoms with Crippen LogP contribution in [0, 0.1) is 0 Å². The van der Waals surface area contributed by atoms with Gasteiger partial charge in [-0.05, 0) is 12.8 Å². The van der Waals surface area contributed by atoms with Crippen LogP contribution < -0.4 is 10.1 Å². The van der Waals surface area contributed by atoms with Gasteiger partial charge in [-0.1, -0.05) is 12.8 Å². The summed E-state index contributed by atoms with van der Waals surface area (Å²) < 4.78 is 5.06.